The largest absolute Gasteiger partial charge is 0.497 e. The van der Waals surface area contributed by atoms with Gasteiger partial charge in [0.1, 0.15) is 12.3 Å². The molecule has 1 fully saturated rings. The van der Waals surface area contributed by atoms with Crippen LogP contribution in [0.25, 0.3) is 0 Å². The molecule has 1 saturated carbocycles. The molecule has 7 nitrogen and oxygen atoms in total. The predicted octanol–water partition coefficient (Wildman–Crippen LogP) is 3.64. The van der Waals surface area contributed by atoms with E-state index in [0.717, 1.165) is 41.3 Å². The van der Waals surface area contributed by atoms with Gasteiger partial charge < -0.3 is 4.74 Å². The fraction of sp³-hybridized carbons (Fsp3) is 0.364. The van der Waals surface area contributed by atoms with Crippen LogP contribution < -0.4 is 14.5 Å². The topological polar surface area (TPSA) is 88.1 Å². The third kappa shape index (κ3) is 5.38. The van der Waals surface area contributed by atoms with Crippen molar-refractivity contribution in [3.8, 4) is 5.75 Å². The Morgan fingerprint density at radius 1 is 1.03 bits per heavy atom. The average molecular weight is 430 g/mol. The van der Waals surface area contributed by atoms with Gasteiger partial charge in [0.05, 0.1) is 17.7 Å². The molecule has 0 aliphatic heterocycles. The molecule has 160 valence electrons. The van der Waals surface area contributed by atoms with E-state index in [1.165, 1.54) is 13.5 Å². The maximum atomic E-state index is 13.3. The molecule has 2 aromatic carbocycles. The van der Waals surface area contributed by atoms with Gasteiger partial charge in [0.25, 0.3) is 15.9 Å². The Bertz CT molecular complexity index is 992. The number of aryl methyl sites for hydroxylation is 1. The molecule has 0 bridgehead atoms. The van der Waals surface area contributed by atoms with E-state index in [2.05, 4.69) is 10.5 Å². The summed E-state index contributed by atoms with van der Waals surface area (Å²) in [6, 6.07) is 13.1. The molecule has 30 heavy (non-hydrogen) atoms. The summed E-state index contributed by atoms with van der Waals surface area (Å²) in [5.74, 6) is 0.110. The molecule has 0 unspecified atom stereocenters. The zero-order chi connectivity index (χ0) is 21.6. The van der Waals surface area contributed by atoms with E-state index < -0.39 is 15.9 Å². The first kappa shape index (κ1) is 21.8. The van der Waals surface area contributed by atoms with Crippen LogP contribution in [0.1, 0.15) is 37.7 Å². The second kappa shape index (κ2) is 9.75. The number of nitrogens with zero attached hydrogens (tertiary/aromatic N) is 2. The SMILES string of the molecule is COc1ccc(N(CC(=O)NN=C2CCCCC2)S(=O)(=O)c2ccc(C)cc2)cc1. The number of hydrogen-bond acceptors (Lipinski definition) is 5. The minimum Gasteiger partial charge on any atom is -0.497 e. The number of ether oxygens (including phenoxy) is 1. The molecule has 1 amide bonds. The van der Waals surface area contributed by atoms with Crippen molar-refractivity contribution < 1.29 is 17.9 Å². The molecule has 0 saturated heterocycles. The van der Waals surface area contributed by atoms with E-state index in [9.17, 15) is 13.2 Å². The summed E-state index contributed by atoms with van der Waals surface area (Å²) in [6.07, 6.45) is 5.03. The van der Waals surface area contributed by atoms with Crippen LogP contribution in [0.5, 0.6) is 5.75 Å². The molecule has 0 radical (unpaired) electrons. The fourth-order valence-electron chi connectivity index (χ4n) is 3.28. The van der Waals surface area contributed by atoms with E-state index in [0.29, 0.717) is 11.4 Å². The zero-order valence-corrected chi connectivity index (χ0v) is 18.1. The lowest BCUT2D eigenvalue weighted by atomic mass is 9.99. The lowest BCUT2D eigenvalue weighted by Gasteiger charge is -2.24. The number of carbonyl (C=O) groups excluding carboxylic acids is 1. The van der Waals surface area contributed by atoms with Crippen LogP contribution in [0.2, 0.25) is 0 Å². The van der Waals surface area contributed by atoms with Crippen LogP contribution >= 0.6 is 0 Å². The minimum atomic E-state index is -3.95. The molecule has 3 rings (SSSR count). The Balaban J connectivity index is 1.86. The number of carbonyl (C=O) groups is 1. The highest BCUT2D eigenvalue weighted by molar-refractivity contribution is 7.92. The highest BCUT2D eigenvalue weighted by Crippen LogP contribution is 2.26. The van der Waals surface area contributed by atoms with Crippen LogP contribution in [0, 0.1) is 6.92 Å². The smallest absolute Gasteiger partial charge is 0.264 e. The van der Waals surface area contributed by atoms with E-state index in [-0.39, 0.29) is 11.4 Å². The summed E-state index contributed by atoms with van der Waals surface area (Å²) in [5.41, 5.74) is 4.80. The van der Waals surface area contributed by atoms with Crippen molar-refractivity contribution in [2.75, 3.05) is 18.0 Å². The van der Waals surface area contributed by atoms with E-state index in [1.807, 2.05) is 6.92 Å². The summed E-state index contributed by atoms with van der Waals surface area (Å²) < 4.78 is 32.9. The number of nitrogens with one attached hydrogen (secondary N) is 1. The van der Waals surface area contributed by atoms with Gasteiger partial charge in [-0.25, -0.2) is 13.8 Å². The number of rotatable bonds is 7. The van der Waals surface area contributed by atoms with Gasteiger partial charge >= 0.3 is 0 Å². The summed E-state index contributed by atoms with van der Waals surface area (Å²) >= 11 is 0. The van der Waals surface area contributed by atoms with E-state index in [1.54, 1.807) is 48.5 Å². The van der Waals surface area contributed by atoms with Gasteiger partial charge in [-0.15, -0.1) is 0 Å². The lowest BCUT2D eigenvalue weighted by Crippen LogP contribution is -2.39. The lowest BCUT2D eigenvalue weighted by molar-refractivity contribution is -0.119. The van der Waals surface area contributed by atoms with Crippen LogP contribution in [0.15, 0.2) is 58.5 Å². The zero-order valence-electron chi connectivity index (χ0n) is 17.3. The molecule has 0 spiro atoms. The summed E-state index contributed by atoms with van der Waals surface area (Å²) in [7, 11) is -2.41. The maximum Gasteiger partial charge on any atom is 0.264 e. The normalized spacial score (nSPS) is 14.1. The molecular weight excluding hydrogens is 402 g/mol. The Hall–Kier alpha value is -2.87. The number of sulfonamides is 1. The van der Waals surface area contributed by atoms with Gasteiger partial charge in [0.2, 0.25) is 0 Å². The highest BCUT2D eigenvalue weighted by Gasteiger charge is 2.27. The molecule has 1 aliphatic carbocycles. The maximum absolute atomic E-state index is 13.3. The van der Waals surface area contributed by atoms with Gasteiger partial charge in [-0.1, -0.05) is 24.1 Å². The van der Waals surface area contributed by atoms with Crippen molar-refractivity contribution in [1.82, 2.24) is 5.43 Å². The first-order valence-electron chi connectivity index (χ1n) is 9.98. The van der Waals surface area contributed by atoms with Crippen molar-refractivity contribution >= 4 is 27.3 Å². The van der Waals surface area contributed by atoms with Crippen molar-refractivity contribution in [2.24, 2.45) is 5.10 Å². The Morgan fingerprint density at radius 3 is 2.27 bits per heavy atom. The Morgan fingerprint density at radius 2 is 1.67 bits per heavy atom. The molecule has 2 aromatic rings. The first-order valence-corrected chi connectivity index (χ1v) is 11.4. The van der Waals surface area contributed by atoms with Crippen molar-refractivity contribution in [3.63, 3.8) is 0 Å². The van der Waals surface area contributed by atoms with Gasteiger partial charge in [0, 0.05) is 5.71 Å². The molecule has 1 aliphatic rings. The highest BCUT2D eigenvalue weighted by atomic mass is 32.2. The minimum absolute atomic E-state index is 0.121. The molecule has 8 heteroatoms. The monoisotopic (exact) mass is 429 g/mol. The van der Waals surface area contributed by atoms with Gasteiger partial charge in [0.15, 0.2) is 0 Å². The molecule has 1 N–H and O–H groups in total. The van der Waals surface area contributed by atoms with Crippen LogP contribution in [0.3, 0.4) is 0 Å². The first-order chi connectivity index (χ1) is 14.4. The van der Waals surface area contributed by atoms with E-state index in [4.69, 9.17) is 4.74 Å². The Labute approximate surface area is 177 Å². The van der Waals surface area contributed by atoms with Crippen molar-refractivity contribution in [3.05, 3.63) is 54.1 Å². The fourth-order valence-corrected chi connectivity index (χ4v) is 4.70. The Kier molecular flexibility index (Phi) is 7.10. The standard InChI is InChI=1S/C22H27N3O4S/c1-17-8-14-21(15-9-17)30(27,28)25(19-10-12-20(29-2)13-11-19)16-22(26)24-23-18-6-4-3-5-7-18/h8-15H,3-7,16H2,1-2H3,(H,24,26). The number of anilines is 1. The molecular formula is C22H27N3O4S. The number of benzene rings is 2. The predicted molar refractivity (Wildman–Crippen MR) is 117 cm³/mol. The molecule has 0 aromatic heterocycles. The average Bonchev–Trinajstić information content (AvgIpc) is 2.77. The van der Waals surface area contributed by atoms with Crippen molar-refractivity contribution in [1.29, 1.82) is 0 Å². The quantitative estimate of drug-likeness (QED) is 0.681. The van der Waals surface area contributed by atoms with Gasteiger partial charge in [-0.3, -0.25) is 9.10 Å². The third-order valence-electron chi connectivity index (χ3n) is 5.03. The number of amides is 1. The third-order valence-corrected chi connectivity index (χ3v) is 6.81. The van der Waals surface area contributed by atoms with Crippen LogP contribution in [-0.4, -0.2) is 33.7 Å². The van der Waals surface area contributed by atoms with Crippen LogP contribution in [-0.2, 0) is 14.8 Å². The van der Waals surface area contributed by atoms with Gasteiger partial charge in [-0.05, 0) is 69.0 Å². The number of hydrogen-bond donors (Lipinski definition) is 1. The number of hydrazone groups is 1. The second-order valence-corrected chi connectivity index (χ2v) is 9.16. The number of methoxy groups -OCH3 is 1. The van der Waals surface area contributed by atoms with E-state index >= 15 is 0 Å². The summed E-state index contributed by atoms with van der Waals surface area (Å²) in [4.78, 5) is 12.7. The van der Waals surface area contributed by atoms with Gasteiger partial charge in [-0.2, -0.15) is 5.10 Å². The second-order valence-electron chi connectivity index (χ2n) is 7.30. The molecule has 0 heterocycles. The van der Waals surface area contributed by atoms with Crippen LogP contribution in [0.4, 0.5) is 5.69 Å². The molecule has 0 atom stereocenters. The summed E-state index contributed by atoms with van der Waals surface area (Å²) in [5, 5.41) is 4.20. The summed E-state index contributed by atoms with van der Waals surface area (Å²) in [6.45, 7) is 1.51. The van der Waals surface area contributed by atoms with Crippen molar-refractivity contribution in [2.45, 2.75) is 43.9 Å².